The topological polar surface area (TPSA) is 81.2 Å². The number of aromatic nitrogens is 2. The zero-order valence-electron chi connectivity index (χ0n) is 13.9. The first-order valence-electron chi connectivity index (χ1n) is 7.48. The molecule has 0 atom stereocenters. The van der Waals surface area contributed by atoms with Gasteiger partial charge in [-0.1, -0.05) is 49.1 Å². The summed E-state index contributed by atoms with van der Waals surface area (Å²) in [4.78, 5) is 0.179. The number of methoxy groups -OCH3 is 1. The maximum atomic E-state index is 12.6. The van der Waals surface area contributed by atoms with Gasteiger partial charge in [0.2, 0.25) is 5.13 Å². The number of rotatable bonds is 6. The normalized spacial score (nSPS) is 11.8. The van der Waals surface area contributed by atoms with Crippen LogP contribution in [0.15, 0.2) is 45.6 Å². The molecule has 2 aromatic carbocycles. The van der Waals surface area contributed by atoms with Crippen LogP contribution in [0.3, 0.4) is 0 Å². The highest BCUT2D eigenvalue weighted by molar-refractivity contribution is 8.01. The van der Waals surface area contributed by atoms with E-state index in [9.17, 15) is 8.42 Å². The summed E-state index contributed by atoms with van der Waals surface area (Å²) in [5.74, 6) is 0.727. The number of thioether (sulfide) groups is 1. The van der Waals surface area contributed by atoms with Crippen molar-refractivity contribution in [2.24, 2.45) is 0 Å². The van der Waals surface area contributed by atoms with Gasteiger partial charge in [-0.05, 0) is 35.0 Å². The van der Waals surface area contributed by atoms with E-state index in [0.29, 0.717) is 5.25 Å². The molecular formula is C16H17N3O3S3. The van der Waals surface area contributed by atoms with Crippen molar-refractivity contribution in [3.8, 4) is 5.75 Å². The molecule has 0 fully saturated rings. The Morgan fingerprint density at radius 3 is 2.56 bits per heavy atom. The van der Waals surface area contributed by atoms with Crippen molar-refractivity contribution in [1.82, 2.24) is 10.2 Å². The van der Waals surface area contributed by atoms with Gasteiger partial charge in [0.15, 0.2) is 4.34 Å². The van der Waals surface area contributed by atoms with Gasteiger partial charge in [0, 0.05) is 5.25 Å². The fraction of sp³-hybridized carbons (Fsp3) is 0.250. The van der Waals surface area contributed by atoms with Gasteiger partial charge < -0.3 is 4.74 Å². The van der Waals surface area contributed by atoms with E-state index in [4.69, 9.17) is 4.74 Å². The third-order valence-electron chi connectivity index (χ3n) is 3.29. The smallest absolute Gasteiger partial charge is 0.263 e. The van der Waals surface area contributed by atoms with Crippen molar-refractivity contribution in [1.29, 1.82) is 0 Å². The lowest BCUT2D eigenvalue weighted by Crippen LogP contribution is -2.12. The van der Waals surface area contributed by atoms with Gasteiger partial charge in [0.05, 0.1) is 12.0 Å². The Kier molecular flexibility index (Phi) is 5.16. The number of nitrogens with zero attached hydrogens (tertiary/aromatic N) is 2. The van der Waals surface area contributed by atoms with Crippen LogP contribution in [0.4, 0.5) is 5.13 Å². The van der Waals surface area contributed by atoms with Gasteiger partial charge in [-0.2, -0.15) is 0 Å². The van der Waals surface area contributed by atoms with Gasteiger partial charge >= 0.3 is 0 Å². The molecule has 0 aliphatic rings. The molecule has 1 aromatic heterocycles. The second-order valence-electron chi connectivity index (χ2n) is 5.52. The van der Waals surface area contributed by atoms with Gasteiger partial charge in [0.1, 0.15) is 5.75 Å². The fourth-order valence-corrected chi connectivity index (χ4v) is 5.41. The first-order valence-corrected chi connectivity index (χ1v) is 10.7. The molecule has 25 heavy (non-hydrogen) atoms. The number of nitrogens with one attached hydrogen (secondary N) is 1. The number of benzene rings is 2. The molecule has 0 unspecified atom stereocenters. The minimum Gasteiger partial charge on any atom is -0.497 e. The molecule has 0 spiro atoms. The Bertz CT molecular complexity index is 1000. The maximum absolute atomic E-state index is 12.6. The summed E-state index contributed by atoms with van der Waals surface area (Å²) in [7, 11) is -2.12. The molecule has 0 saturated carbocycles. The molecule has 3 aromatic rings. The van der Waals surface area contributed by atoms with Crippen LogP contribution in [0.1, 0.15) is 13.8 Å². The standard InChI is InChI=1S/C16H17N3O3S3/c1-10(2)23-16-18-17-15(24-16)19-25(20,21)14-7-5-11-8-13(22-3)6-4-12(11)9-14/h4-10H,1-3H3,(H,17,19). The van der Waals surface area contributed by atoms with Crippen molar-refractivity contribution in [2.45, 2.75) is 28.3 Å². The Labute approximate surface area is 154 Å². The highest BCUT2D eigenvalue weighted by atomic mass is 32.2. The molecule has 6 nitrogen and oxygen atoms in total. The Morgan fingerprint density at radius 1 is 1.12 bits per heavy atom. The van der Waals surface area contributed by atoms with Crippen molar-refractivity contribution >= 4 is 49.0 Å². The zero-order chi connectivity index (χ0) is 18.0. The zero-order valence-corrected chi connectivity index (χ0v) is 16.3. The SMILES string of the molecule is COc1ccc2cc(S(=O)(=O)Nc3nnc(SC(C)C)s3)ccc2c1. The van der Waals surface area contributed by atoms with Gasteiger partial charge in [-0.15, -0.1) is 10.2 Å². The average Bonchev–Trinajstić information content (AvgIpc) is 2.99. The molecule has 1 N–H and O–H groups in total. The predicted octanol–water partition coefficient (Wildman–Crippen LogP) is 4.00. The molecule has 0 bridgehead atoms. The largest absolute Gasteiger partial charge is 0.497 e. The summed E-state index contributed by atoms with van der Waals surface area (Å²) in [6.07, 6.45) is 0. The summed E-state index contributed by atoms with van der Waals surface area (Å²) in [5, 5.41) is 10.2. The van der Waals surface area contributed by atoms with Crippen molar-refractivity contribution in [2.75, 3.05) is 11.8 Å². The Morgan fingerprint density at radius 2 is 1.84 bits per heavy atom. The van der Waals surface area contributed by atoms with E-state index >= 15 is 0 Å². The highest BCUT2D eigenvalue weighted by Crippen LogP contribution is 2.30. The van der Waals surface area contributed by atoms with Crippen molar-refractivity contribution < 1.29 is 13.2 Å². The number of anilines is 1. The van der Waals surface area contributed by atoms with Crippen LogP contribution in [0.25, 0.3) is 10.8 Å². The highest BCUT2D eigenvalue weighted by Gasteiger charge is 2.18. The van der Waals surface area contributed by atoms with Gasteiger partial charge in [-0.25, -0.2) is 8.42 Å². The molecule has 0 saturated heterocycles. The summed E-state index contributed by atoms with van der Waals surface area (Å²) >= 11 is 2.77. The van der Waals surface area contributed by atoms with E-state index in [2.05, 4.69) is 14.9 Å². The van der Waals surface area contributed by atoms with E-state index in [1.807, 2.05) is 26.0 Å². The Balaban J connectivity index is 1.86. The third kappa shape index (κ3) is 4.23. The van der Waals surface area contributed by atoms with Crippen LogP contribution in [0, 0.1) is 0 Å². The summed E-state index contributed by atoms with van der Waals surface area (Å²) < 4.78 is 33.6. The van der Waals surface area contributed by atoms with Crippen LogP contribution in [0.5, 0.6) is 5.75 Å². The number of hydrogen-bond donors (Lipinski definition) is 1. The lowest BCUT2D eigenvalue weighted by atomic mass is 10.1. The monoisotopic (exact) mass is 395 g/mol. The molecule has 0 amide bonds. The van der Waals surface area contributed by atoms with E-state index in [0.717, 1.165) is 20.9 Å². The first kappa shape index (κ1) is 18.0. The molecule has 0 aliphatic heterocycles. The average molecular weight is 396 g/mol. The molecule has 132 valence electrons. The van der Waals surface area contributed by atoms with E-state index in [1.54, 1.807) is 43.1 Å². The third-order valence-corrected chi connectivity index (χ3v) is 6.69. The van der Waals surface area contributed by atoms with Crippen molar-refractivity contribution in [3.05, 3.63) is 36.4 Å². The van der Waals surface area contributed by atoms with Crippen LogP contribution < -0.4 is 9.46 Å². The van der Waals surface area contributed by atoms with Crippen LogP contribution in [-0.4, -0.2) is 31.0 Å². The van der Waals surface area contributed by atoms with E-state index in [-0.39, 0.29) is 10.0 Å². The van der Waals surface area contributed by atoms with Gasteiger partial charge in [0.25, 0.3) is 10.0 Å². The second-order valence-corrected chi connectivity index (χ2v) is 10.0. The molecular weight excluding hydrogens is 378 g/mol. The van der Waals surface area contributed by atoms with E-state index in [1.165, 1.54) is 11.3 Å². The number of hydrogen-bond acceptors (Lipinski definition) is 7. The number of fused-ring (bicyclic) bond motifs is 1. The minimum absolute atomic E-state index is 0.179. The first-order chi connectivity index (χ1) is 11.9. The molecule has 9 heteroatoms. The summed E-state index contributed by atoms with van der Waals surface area (Å²) in [6.45, 7) is 4.08. The van der Waals surface area contributed by atoms with Crippen molar-refractivity contribution in [3.63, 3.8) is 0 Å². The van der Waals surface area contributed by atoms with Crippen LogP contribution in [-0.2, 0) is 10.0 Å². The quantitative estimate of drug-likeness (QED) is 0.635. The minimum atomic E-state index is -3.72. The number of ether oxygens (including phenoxy) is 1. The summed E-state index contributed by atoms with van der Waals surface area (Å²) in [6, 6.07) is 10.4. The Hall–Kier alpha value is -1.84. The van der Waals surface area contributed by atoms with Crippen LogP contribution >= 0.6 is 23.1 Å². The lowest BCUT2D eigenvalue weighted by molar-refractivity contribution is 0.415. The van der Waals surface area contributed by atoms with Crippen LogP contribution in [0.2, 0.25) is 0 Å². The second kappa shape index (κ2) is 7.19. The molecule has 1 heterocycles. The van der Waals surface area contributed by atoms with E-state index < -0.39 is 10.0 Å². The van der Waals surface area contributed by atoms with Gasteiger partial charge in [-0.3, -0.25) is 4.72 Å². The molecule has 0 aliphatic carbocycles. The molecule has 3 rings (SSSR count). The number of sulfonamides is 1. The fourth-order valence-electron chi connectivity index (χ4n) is 2.17. The lowest BCUT2D eigenvalue weighted by Gasteiger charge is -2.07. The molecule has 0 radical (unpaired) electrons. The summed E-state index contributed by atoms with van der Waals surface area (Å²) in [5.41, 5.74) is 0. The maximum Gasteiger partial charge on any atom is 0.263 e. The predicted molar refractivity (Wildman–Crippen MR) is 102 cm³/mol.